The molecule has 0 N–H and O–H groups in total. The molecule has 1 aliphatic heterocycles. The number of nitro groups is 1. The second kappa shape index (κ2) is 7.45. The maximum atomic E-state index is 10.8. The van der Waals surface area contributed by atoms with Crippen molar-refractivity contribution in [1.29, 1.82) is 0 Å². The summed E-state index contributed by atoms with van der Waals surface area (Å²) in [7, 11) is 0. The first kappa shape index (κ1) is 18.6. The van der Waals surface area contributed by atoms with Crippen molar-refractivity contribution in [1.82, 2.24) is 20.2 Å². The van der Waals surface area contributed by atoms with Gasteiger partial charge in [0.15, 0.2) is 0 Å². The van der Waals surface area contributed by atoms with Gasteiger partial charge in [0.05, 0.1) is 15.2 Å². The number of benzene rings is 1. The van der Waals surface area contributed by atoms with E-state index in [4.69, 9.17) is 4.42 Å². The fourth-order valence-electron chi connectivity index (χ4n) is 3.76. The highest BCUT2D eigenvalue weighted by Gasteiger charge is 2.23. The van der Waals surface area contributed by atoms with E-state index in [0.717, 1.165) is 39.6 Å². The van der Waals surface area contributed by atoms with E-state index in [9.17, 15) is 10.1 Å². The van der Waals surface area contributed by atoms with Crippen LogP contribution in [-0.4, -0.2) is 38.2 Å². The monoisotopic (exact) mass is 422 g/mol. The van der Waals surface area contributed by atoms with Crippen LogP contribution in [0.5, 0.6) is 0 Å². The van der Waals surface area contributed by atoms with Crippen molar-refractivity contribution in [3.63, 3.8) is 0 Å². The normalized spacial score (nSPS) is 14.4. The molecule has 0 bridgehead atoms. The molecule has 0 radical (unpaired) electrons. The molecule has 5 rings (SSSR count). The van der Waals surface area contributed by atoms with Gasteiger partial charge in [-0.05, 0) is 43.9 Å². The zero-order chi connectivity index (χ0) is 20.7. The Hall–Kier alpha value is -3.40. The van der Waals surface area contributed by atoms with Crippen LogP contribution in [0.3, 0.4) is 0 Å². The SMILES string of the molecule is Cc1c(-c2nnc(-c3ccc([N+](=O)[O-])cc3)o2)sc2ncnc(N3CCCCC3)c12. The van der Waals surface area contributed by atoms with Gasteiger partial charge in [0.1, 0.15) is 17.0 Å². The Bertz CT molecular complexity index is 1230. The standard InChI is InChI=1S/C20H18N6O3S/c1-12-15-17(25-9-3-2-4-10-25)21-11-22-20(15)30-16(12)19-24-23-18(29-19)13-5-7-14(8-6-13)26(27)28/h5-8,11H,2-4,9-10H2,1H3. The minimum Gasteiger partial charge on any atom is -0.415 e. The molecule has 1 fully saturated rings. The number of thiophene rings is 1. The Labute approximate surface area is 175 Å². The highest BCUT2D eigenvalue weighted by molar-refractivity contribution is 7.22. The predicted octanol–water partition coefficient (Wildman–Crippen LogP) is 4.62. The van der Waals surface area contributed by atoms with Crippen molar-refractivity contribution < 1.29 is 9.34 Å². The van der Waals surface area contributed by atoms with Gasteiger partial charge in [0.2, 0.25) is 5.89 Å². The number of rotatable bonds is 4. The molecule has 9 nitrogen and oxygen atoms in total. The van der Waals surface area contributed by atoms with Gasteiger partial charge >= 0.3 is 0 Å². The molecule has 4 heterocycles. The summed E-state index contributed by atoms with van der Waals surface area (Å²) in [6.07, 6.45) is 5.21. The van der Waals surface area contributed by atoms with Crippen molar-refractivity contribution >= 4 is 33.1 Å². The van der Waals surface area contributed by atoms with Crippen LogP contribution in [-0.2, 0) is 0 Å². The Balaban J connectivity index is 1.52. The van der Waals surface area contributed by atoms with E-state index in [0.29, 0.717) is 17.3 Å². The van der Waals surface area contributed by atoms with E-state index in [-0.39, 0.29) is 5.69 Å². The average Bonchev–Trinajstić information content (AvgIpc) is 3.39. The smallest absolute Gasteiger partial charge is 0.269 e. The molecule has 0 amide bonds. The van der Waals surface area contributed by atoms with Crippen molar-refractivity contribution in [3.05, 3.63) is 46.3 Å². The number of hydrogen-bond donors (Lipinski definition) is 0. The number of nitro benzene ring substituents is 1. The van der Waals surface area contributed by atoms with Crippen LogP contribution < -0.4 is 4.90 Å². The summed E-state index contributed by atoms with van der Waals surface area (Å²) < 4.78 is 5.91. The minimum absolute atomic E-state index is 0.0163. The zero-order valence-electron chi connectivity index (χ0n) is 16.2. The molecule has 3 aromatic heterocycles. The third-order valence-corrected chi connectivity index (χ3v) is 6.49. The summed E-state index contributed by atoms with van der Waals surface area (Å²) in [5.41, 5.74) is 1.67. The Morgan fingerprint density at radius 3 is 2.53 bits per heavy atom. The van der Waals surface area contributed by atoms with Crippen LogP contribution in [0.4, 0.5) is 11.5 Å². The number of fused-ring (bicyclic) bond motifs is 1. The van der Waals surface area contributed by atoms with Crippen LogP contribution in [0.2, 0.25) is 0 Å². The van der Waals surface area contributed by atoms with Gasteiger partial charge < -0.3 is 9.32 Å². The predicted molar refractivity (Wildman–Crippen MR) is 114 cm³/mol. The quantitative estimate of drug-likeness (QED) is 0.346. The van der Waals surface area contributed by atoms with E-state index < -0.39 is 4.92 Å². The van der Waals surface area contributed by atoms with E-state index >= 15 is 0 Å². The lowest BCUT2D eigenvalue weighted by Gasteiger charge is -2.28. The minimum atomic E-state index is -0.440. The van der Waals surface area contributed by atoms with Gasteiger partial charge in [-0.25, -0.2) is 9.97 Å². The number of hydrogen-bond acceptors (Lipinski definition) is 9. The molecule has 4 aromatic rings. The van der Waals surface area contributed by atoms with Crippen LogP contribution in [0.25, 0.3) is 32.4 Å². The molecular formula is C20H18N6O3S. The summed E-state index contributed by atoms with van der Waals surface area (Å²) in [5.74, 6) is 1.70. The highest BCUT2D eigenvalue weighted by atomic mass is 32.1. The summed E-state index contributed by atoms with van der Waals surface area (Å²) in [4.78, 5) is 23.5. The van der Waals surface area contributed by atoms with Crippen LogP contribution in [0.1, 0.15) is 24.8 Å². The fourth-order valence-corrected chi connectivity index (χ4v) is 4.82. The number of aromatic nitrogens is 4. The number of nitrogens with zero attached hydrogens (tertiary/aromatic N) is 6. The molecule has 1 aliphatic rings. The van der Waals surface area contributed by atoms with Crippen molar-refractivity contribution in [2.75, 3.05) is 18.0 Å². The molecular weight excluding hydrogens is 404 g/mol. The molecule has 10 heteroatoms. The second-order valence-electron chi connectivity index (χ2n) is 7.20. The third-order valence-electron chi connectivity index (χ3n) is 5.31. The topological polar surface area (TPSA) is 111 Å². The van der Waals surface area contributed by atoms with Gasteiger partial charge in [0.25, 0.3) is 11.6 Å². The molecule has 1 saturated heterocycles. The van der Waals surface area contributed by atoms with Crippen molar-refractivity contribution in [3.8, 4) is 22.2 Å². The molecule has 0 atom stereocenters. The summed E-state index contributed by atoms with van der Waals surface area (Å²) >= 11 is 1.51. The second-order valence-corrected chi connectivity index (χ2v) is 8.20. The van der Waals surface area contributed by atoms with E-state index in [1.165, 1.54) is 42.7 Å². The first-order valence-electron chi connectivity index (χ1n) is 9.69. The lowest BCUT2D eigenvalue weighted by molar-refractivity contribution is -0.384. The van der Waals surface area contributed by atoms with E-state index in [1.807, 2.05) is 6.92 Å². The maximum Gasteiger partial charge on any atom is 0.269 e. The molecule has 152 valence electrons. The maximum absolute atomic E-state index is 10.8. The lowest BCUT2D eigenvalue weighted by atomic mass is 10.1. The van der Waals surface area contributed by atoms with E-state index in [2.05, 4.69) is 25.1 Å². The van der Waals surface area contributed by atoms with Crippen LogP contribution in [0.15, 0.2) is 35.0 Å². The molecule has 0 unspecified atom stereocenters. The summed E-state index contributed by atoms with van der Waals surface area (Å²) in [6.45, 7) is 4.03. The fraction of sp³-hybridized carbons (Fsp3) is 0.300. The number of non-ortho nitro benzene ring substituents is 1. The Kier molecular flexibility index (Phi) is 4.62. The van der Waals surface area contributed by atoms with Gasteiger partial charge in [0, 0.05) is 30.8 Å². The Morgan fingerprint density at radius 2 is 1.80 bits per heavy atom. The number of aryl methyl sites for hydroxylation is 1. The molecule has 0 aliphatic carbocycles. The van der Waals surface area contributed by atoms with Crippen LogP contribution in [0, 0.1) is 17.0 Å². The average molecular weight is 422 g/mol. The van der Waals surface area contributed by atoms with E-state index in [1.54, 1.807) is 18.5 Å². The third kappa shape index (κ3) is 3.18. The number of anilines is 1. The molecule has 0 saturated carbocycles. The molecule has 0 spiro atoms. The molecule has 1 aromatic carbocycles. The largest absolute Gasteiger partial charge is 0.415 e. The van der Waals surface area contributed by atoms with Gasteiger partial charge in [-0.15, -0.1) is 21.5 Å². The van der Waals surface area contributed by atoms with Crippen molar-refractivity contribution in [2.24, 2.45) is 0 Å². The molecule has 30 heavy (non-hydrogen) atoms. The van der Waals surface area contributed by atoms with Gasteiger partial charge in [-0.2, -0.15) is 0 Å². The first-order chi connectivity index (χ1) is 14.6. The van der Waals surface area contributed by atoms with Crippen molar-refractivity contribution in [2.45, 2.75) is 26.2 Å². The summed E-state index contributed by atoms with van der Waals surface area (Å²) in [5, 5.41) is 20.2. The Morgan fingerprint density at radius 1 is 1.07 bits per heavy atom. The lowest BCUT2D eigenvalue weighted by Crippen LogP contribution is -2.30. The highest BCUT2D eigenvalue weighted by Crippen LogP contribution is 2.41. The zero-order valence-corrected chi connectivity index (χ0v) is 17.1. The summed E-state index contributed by atoms with van der Waals surface area (Å²) in [6, 6.07) is 6.05. The number of piperidine rings is 1. The van der Waals surface area contributed by atoms with Crippen LogP contribution >= 0.6 is 11.3 Å². The first-order valence-corrected chi connectivity index (χ1v) is 10.5. The van der Waals surface area contributed by atoms with Gasteiger partial charge in [-0.3, -0.25) is 10.1 Å². The van der Waals surface area contributed by atoms with Gasteiger partial charge in [-0.1, -0.05) is 0 Å².